The normalized spacial score (nSPS) is 14.1. The summed E-state index contributed by atoms with van der Waals surface area (Å²) in [4.78, 5) is 15.2. The number of carbonyl (C=O) groups excluding carboxylic acids is 1. The molecule has 2 heterocycles. The van der Waals surface area contributed by atoms with E-state index in [4.69, 9.17) is 4.42 Å². The van der Waals surface area contributed by atoms with Crippen molar-refractivity contribution in [3.63, 3.8) is 0 Å². The maximum Gasteiger partial charge on any atom is 0.228 e. The first-order valence-electron chi connectivity index (χ1n) is 9.81. The van der Waals surface area contributed by atoms with Crippen LogP contribution in [0.25, 0.3) is 21.7 Å². The number of hydrogen-bond donors (Lipinski definition) is 1. The molecule has 0 radical (unpaired) electrons. The zero-order chi connectivity index (χ0) is 18.9. The lowest BCUT2D eigenvalue weighted by atomic mass is 10.0. The molecule has 140 valence electrons. The molecule has 0 aliphatic carbocycles. The van der Waals surface area contributed by atoms with E-state index in [1.54, 1.807) is 6.26 Å². The van der Waals surface area contributed by atoms with Crippen LogP contribution >= 0.6 is 0 Å². The van der Waals surface area contributed by atoms with Gasteiger partial charge in [0.2, 0.25) is 5.91 Å². The lowest BCUT2D eigenvalue weighted by molar-refractivity contribution is -0.115. The highest BCUT2D eigenvalue weighted by Crippen LogP contribution is 2.31. The Morgan fingerprint density at radius 1 is 0.964 bits per heavy atom. The minimum atomic E-state index is -0.0257. The molecular weight excluding hydrogens is 348 g/mol. The summed E-state index contributed by atoms with van der Waals surface area (Å²) in [5.41, 5.74) is 3.73. The topological polar surface area (TPSA) is 45.5 Å². The Morgan fingerprint density at radius 3 is 2.64 bits per heavy atom. The van der Waals surface area contributed by atoms with Gasteiger partial charge in [0.05, 0.1) is 24.1 Å². The van der Waals surface area contributed by atoms with Gasteiger partial charge in [-0.15, -0.1) is 0 Å². The standard InChI is InChI=1S/C24H22N2O2/c27-23(25-20-9-3-4-10-21(20)26-13-5-6-14-26)15-18-16-28-22-12-11-17-7-1-2-8-19(17)24(18)22/h1-4,7-12,16H,5-6,13-15H2,(H,25,27). The van der Waals surface area contributed by atoms with Crippen molar-refractivity contribution in [1.82, 2.24) is 0 Å². The maximum absolute atomic E-state index is 12.9. The molecule has 0 saturated carbocycles. The molecule has 0 unspecified atom stereocenters. The van der Waals surface area contributed by atoms with Gasteiger partial charge in [-0.05, 0) is 41.8 Å². The molecule has 1 N–H and O–H groups in total. The van der Waals surface area contributed by atoms with Crippen LogP contribution in [-0.4, -0.2) is 19.0 Å². The monoisotopic (exact) mass is 370 g/mol. The zero-order valence-electron chi connectivity index (χ0n) is 15.7. The largest absolute Gasteiger partial charge is 0.464 e. The third-order valence-corrected chi connectivity index (χ3v) is 5.52. The summed E-state index contributed by atoms with van der Waals surface area (Å²) in [5.74, 6) is -0.0257. The van der Waals surface area contributed by atoms with Crippen molar-refractivity contribution in [2.75, 3.05) is 23.3 Å². The fourth-order valence-electron chi connectivity index (χ4n) is 4.19. The van der Waals surface area contributed by atoms with E-state index in [1.165, 1.54) is 12.8 Å². The van der Waals surface area contributed by atoms with Gasteiger partial charge in [-0.3, -0.25) is 4.79 Å². The Labute approximate surface area is 163 Å². The van der Waals surface area contributed by atoms with E-state index in [0.717, 1.165) is 51.8 Å². The highest BCUT2D eigenvalue weighted by molar-refractivity contribution is 6.09. The molecule has 3 aromatic carbocycles. The average Bonchev–Trinajstić information content (AvgIpc) is 3.39. The van der Waals surface area contributed by atoms with Gasteiger partial charge in [-0.1, -0.05) is 42.5 Å². The predicted molar refractivity (Wildman–Crippen MR) is 114 cm³/mol. The first-order valence-corrected chi connectivity index (χ1v) is 9.81. The average molecular weight is 370 g/mol. The van der Waals surface area contributed by atoms with E-state index in [9.17, 15) is 4.79 Å². The van der Waals surface area contributed by atoms with Crippen LogP contribution in [0.3, 0.4) is 0 Å². The van der Waals surface area contributed by atoms with E-state index < -0.39 is 0 Å². The number of rotatable bonds is 4. The third kappa shape index (κ3) is 3.01. The third-order valence-electron chi connectivity index (χ3n) is 5.52. The molecule has 0 atom stereocenters. The van der Waals surface area contributed by atoms with E-state index >= 15 is 0 Å². The van der Waals surface area contributed by atoms with Crippen molar-refractivity contribution < 1.29 is 9.21 Å². The molecule has 5 rings (SSSR count). The number of furan rings is 1. The van der Waals surface area contributed by atoms with Crippen LogP contribution in [0, 0.1) is 0 Å². The number of nitrogens with zero attached hydrogens (tertiary/aromatic N) is 1. The summed E-state index contributed by atoms with van der Waals surface area (Å²) in [6.07, 6.45) is 4.41. The molecule has 4 heteroatoms. The first kappa shape index (κ1) is 16.9. The van der Waals surface area contributed by atoms with Gasteiger partial charge in [0.15, 0.2) is 0 Å². The lowest BCUT2D eigenvalue weighted by Crippen LogP contribution is -2.21. The van der Waals surface area contributed by atoms with Crippen LogP contribution in [0.15, 0.2) is 71.3 Å². The second-order valence-electron chi connectivity index (χ2n) is 7.36. The van der Waals surface area contributed by atoms with E-state index in [2.05, 4.69) is 34.5 Å². The number of nitrogens with one attached hydrogen (secondary N) is 1. The Balaban J connectivity index is 1.43. The summed E-state index contributed by atoms with van der Waals surface area (Å²) in [6.45, 7) is 2.09. The molecular formula is C24H22N2O2. The summed E-state index contributed by atoms with van der Waals surface area (Å²) >= 11 is 0. The maximum atomic E-state index is 12.9. The fourth-order valence-corrected chi connectivity index (χ4v) is 4.19. The molecule has 1 aliphatic rings. The Hall–Kier alpha value is -3.27. The Kier molecular flexibility index (Phi) is 4.24. The SMILES string of the molecule is O=C(Cc1coc2ccc3ccccc3c12)Nc1ccccc1N1CCCC1. The minimum absolute atomic E-state index is 0.0257. The molecule has 0 bridgehead atoms. The smallest absolute Gasteiger partial charge is 0.228 e. The van der Waals surface area contributed by atoms with Gasteiger partial charge in [0.25, 0.3) is 0 Å². The van der Waals surface area contributed by atoms with E-state index in [-0.39, 0.29) is 12.3 Å². The molecule has 1 fully saturated rings. The number of carbonyl (C=O) groups is 1. The molecule has 1 aromatic heterocycles. The lowest BCUT2D eigenvalue weighted by Gasteiger charge is -2.21. The zero-order valence-corrected chi connectivity index (χ0v) is 15.7. The predicted octanol–water partition coefficient (Wildman–Crippen LogP) is 5.37. The van der Waals surface area contributed by atoms with Gasteiger partial charge >= 0.3 is 0 Å². The second-order valence-corrected chi connectivity index (χ2v) is 7.36. The van der Waals surface area contributed by atoms with E-state index in [0.29, 0.717) is 0 Å². The summed E-state index contributed by atoms with van der Waals surface area (Å²) in [7, 11) is 0. The Morgan fingerprint density at radius 2 is 1.75 bits per heavy atom. The first-order chi connectivity index (χ1) is 13.8. The summed E-state index contributed by atoms with van der Waals surface area (Å²) < 4.78 is 5.73. The number of hydrogen-bond acceptors (Lipinski definition) is 3. The molecule has 1 saturated heterocycles. The molecule has 28 heavy (non-hydrogen) atoms. The minimum Gasteiger partial charge on any atom is -0.464 e. The second kappa shape index (κ2) is 7.04. The van der Waals surface area contributed by atoms with Crippen LogP contribution in [0.1, 0.15) is 18.4 Å². The van der Waals surface area contributed by atoms with Crippen LogP contribution in [-0.2, 0) is 11.2 Å². The quantitative estimate of drug-likeness (QED) is 0.525. The van der Waals surface area contributed by atoms with Gasteiger partial charge in [0.1, 0.15) is 5.58 Å². The summed E-state index contributed by atoms with van der Waals surface area (Å²) in [5, 5.41) is 6.41. The molecule has 1 aliphatic heterocycles. The van der Waals surface area contributed by atoms with Crippen LogP contribution in [0.4, 0.5) is 11.4 Å². The van der Waals surface area contributed by atoms with Crippen LogP contribution < -0.4 is 10.2 Å². The molecule has 4 aromatic rings. The van der Waals surface area contributed by atoms with Crippen LogP contribution in [0.5, 0.6) is 0 Å². The van der Waals surface area contributed by atoms with Crippen molar-refractivity contribution in [3.8, 4) is 0 Å². The number of benzene rings is 3. The van der Waals surface area contributed by atoms with Gasteiger partial charge in [-0.25, -0.2) is 0 Å². The van der Waals surface area contributed by atoms with Crippen molar-refractivity contribution in [3.05, 3.63) is 72.5 Å². The number of anilines is 2. The van der Waals surface area contributed by atoms with Gasteiger partial charge in [0, 0.05) is 24.0 Å². The highest BCUT2D eigenvalue weighted by atomic mass is 16.3. The van der Waals surface area contributed by atoms with Crippen molar-refractivity contribution in [2.45, 2.75) is 19.3 Å². The molecule has 0 spiro atoms. The van der Waals surface area contributed by atoms with Gasteiger partial charge in [-0.2, -0.15) is 0 Å². The number of para-hydroxylation sites is 2. The fraction of sp³-hybridized carbons (Fsp3) is 0.208. The molecule has 4 nitrogen and oxygen atoms in total. The van der Waals surface area contributed by atoms with E-state index in [1.807, 2.05) is 36.4 Å². The Bertz CT molecular complexity index is 1160. The van der Waals surface area contributed by atoms with Crippen molar-refractivity contribution >= 4 is 39.0 Å². The number of amides is 1. The summed E-state index contributed by atoms with van der Waals surface area (Å²) in [6, 6.07) is 20.3. The number of fused-ring (bicyclic) bond motifs is 3. The molecule has 1 amide bonds. The van der Waals surface area contributed by atoms with Crippen molar-refractivity contribution in [1.29, 1.82) is 0 Å². The van der Waals surface area contributed by atoms with Crippen molar-refractivity contribution in [2.24, 2.45) is 0 Å². The van der Waals surface area contributed by atoms with Gasteiger partial charge < -0.3 is 14.6 Å². The van der Waals surface area contributed by atoms with Crippen LogP contribution in [0.2, 0.25) is 0 Å². The highest BCUT2D eigenvalue weighted by Gasteiger charge is 2.18.